The molecule has 2 rings (SSSR count). The third-order valence-electron chi connectivity index (χ3n) is 2.40. The summed E-state index contributed by atoms with van der Waals surface area (Å²) in [5, 5.41) is 6.42. The van der Waals surface area contributed by atoms with E-state index < -0.39 is 0 Å². The lowest BCUT2D eigenvalue weighted by Crippen LogP contribution is -2.11. The molecule has 0 aromatic carbocycles. The maximum absolute atomic E-state index is 5.51. The number of thiazole rings is 1. The first-order valence-corrected chi connectivity index (χ1v) is 6.84. The normalized spacial score (nSPS) is 10.3. The summed E-state index contributed by atoms with van der Waals surface area (Å²) >= 11 is 6.54. The highest BCUT2D eigenvalue weighted by molar-refractivity contribution is 7.80. The van der Waals surface area contributed by atoms with Crippen LogP contribution in [-0.4, -0.2) is 21.5 Å². The van der Waals surface area contributed by atoms with E-state index in [0.717, 1.165) is 35.0 Å². The van der Waals surface area contributed by atoms with Crippen LogP contribution in [0.3, 0.4) is 0 Å². The van der Waals surface area contributed by atoms with Crippen LogP contribution in [-0.2, 0) is 6.42 Å². The number of hydrogen-bond donors (Lipinski definition) is 2. The Kier molecular flexibility index (Phi) is 4.22. The van der Waals surface area contributed by atoms with E-state index in [4.69, 9.17) is 18.0 Å². The van der Waals surface area contributed by atoms with Gasteiger partial charge in [-0.05, 0) is 19.1 Å². The van der Waals surface area contributed by atoms with Gasteiger partial charge < -0.3 is 11.1 Å². The predicted octanol–water partition coefficient (Wildman–Crippen LogP) is 2.14. The number of nitrogens with two attached hydrogens (primary N) is 1. The van der Waals surface area contributed by atoms with Gasteiger partial charge in [0.1, 0.15) is 10.8 Å². The van der Waals surface area contributed by atoms with Crippen molar-refractivity contribution in [3.63, 3.8) is 0 Å². The fraction of sp³-hybridized carbons (Fsp3) is 0.250. The highest BCUT2D eigenvalue weighted by atomic mass is 32.1. The minimum Gasteiger partial charge on any atom is -0.389 e. The fourth-order valence-corrected chi connectivity index (χ4v) is 2.25. The molecule has 0 unspecified atom stereocenters. The Morgan fingerprint density at radius 2 is 2.33 bits per heavy atom. The quantitative estimate of drug-likeness (QED) is 0.820. The molecule has 0 aliphatic carbocycles. The summed E-state index contributed by atoms with van der Waals surface area (Å²) in [7, 11) is 0. The summed E-state index contributed by atoms with van der Waals surface area (Å²) in [5.41, 5.74) is 7.40. The number of hydrogen-bond acceptors (Lipinski definition) is 5. The topological polar surface area (TPSA) is 63.8 Å². The molecule has 0 saturated heterocycles. The summed E-state index contributed by atoms with van der Waals surface area (Å²) in [5.74, 6) is 0.821. The van der Waals surface area contributed by atoms with Crippen molar-refractivity contribution in [2.75, 3.05) is 11.9 Å². The molecule has 0 bridgehead atoms. The van der Waals surface area contributed by atoms with Crippen molar-refractivity contribution in [2.24, 2.45) is 5.73 Å². The first-order valence-electron chi connectivity index (χ1n) is 5.56. The van der Waals surface area contributed by atoms with E-state index >= 15 is 0 Å². The van der Waals surface area contributed by atoms with Crippen molar-refractivity contribution < 1.29 is 0 Å². The number of nitrogens with zero attached hydrogens (tertiary/aromatic N) is 2. The Morgan fingerprint density at radius 1 is 1.50 bits per heavy atom. The van der Waals surface area contributed by atoms with Crippen LogP contribution in [0.4, 0.5) is 5.82 Å². The molecule has 0 amide bonds. The molecule has 0 saturated carbocycles. The van der Waals surface area contributed by atoms with E-state index in [1.165, 1.54) is 0 Å². The highest BCUT2D eigenvalue weighted by Crippen LogP contribution is 2.09. The lowest BCUT2D eigenvalue weighted by molar-refractivity contribution is 0.960. The van der Waals surface area contributed by atoms with Crippen LogP contribution in [0, 0.1) is 6.92 Å². The third-order valence-corrected chi connectivity index (χ3v) is 3.46. The maximum Gasteiger partial charge on any atom is 0.125 e. The van der Waals surface area contributed by atoms with Crippen LogP contribution in [0.2, 0.25) is 0 Å². The summed E-state index contributed by atoms with van der Waals surface area (Å²) in [6.45, 7) is 2.82. The molecule has 18 heavy (non-hydrogen) atoms. The Morgan fingerprint density at radius 3 is 2.89 bits per heavy atom. The van der Waals surface area contributed by atoms with Gasteiger partial charge in [0.05, 0.1) is 10.7 Å². The van der Waals surface area contributed by atoms with E-state index in [-0.39, 0.29) is 0 Å². The van der Waals surface area contributed by atoms with Crippen molar-refractivity contribution >= 4 is 34.4 Å². The van der Waals surface area contributed by atoms with E-state index in [1.807, 2.05) is 19.1 Å². The summed E-state index contributed by atoms with van der Waals surface area (Å²) in [6.07, 6.45) is 2.57. The molecule has 2 heterocycles. The number of rotatable bonds is 5. The largest absolute Gasteiger partial charge is 0.389 e. The second-order valence-electron chi connectivity index (χ2n) is 3.83. The molecule has 2 aromatic rings. The predicted molar refractivity (Wildman–Crippen MR) is 79.2 cm³/mol. The second-order valence-corrected chi connectivity index (χ2v) is 5.33. The zero-order valence-corrected chi connectivity index (χ0v) is 11.6. The van der Waals surface area contributed by atoms with Gasteiger partial charge >= 0.3 is 0 Å². The lowest BCUT2D eigenvalue weighted by atomic mass is 10.3. The molecule has 94 valence electrons. The van der Waals surface area contributed by atoms with Crippen LogP contribution in [0.15, 0.2) is 23.7 Å². The van der Waals surface area contributed by atoms with Gasteiger partial charge in [0.15, 0.2) is 0 Å². The Balaban J connectivity index is 1.85. The average molecular weight is 278 g/mol. The van der Waals surface area contributed by atoms with Gasteiger partial charge in [-0.1, -0.05) is 12.2 Å². The molecule has 0 aliphatic heterocycles. The SMILES string of the molecule is Cc1nc(CCNc2ccc(C(N)=S)cn2)cs1. The number of nitrogens with one attached hydrogen (secondary N) is 1. The third kappa shape index (κ3) is 3.48. The van der Waals surface area contributed by atoms with Gasteiger partial charge in [-0.3, -0.25) is 0 Å². The van der Waals surface area contributed by atoms with Crippen LogP contribution < -0.4 is 11.1 Å². The van der Waals surface area contributed by atoms with Gasteiger partial charge in [-0.2, -0.15) is 0 Å². The smallest absolute Gasteiger partial charge is 0.125 e. The number of thiocarbonyl (C=S) groups is 1. The van der Waals surface area contributed by atoms with Crippen molar-refractivity contribution in [2.45, 2.75) is 13.3 Å². The minimum absolute atomic E-state index is 0.368. The molecular formula is C12H14N4S2. The molecule has 0 aliphatic rings. The van der Waals surface area contributed by atoms with Crippen LogP contribution in [0.5, 0.6) is 0 Å². The number of anilines is 1. The van der Waals surface area contributed by atoms with Crippen molar-refractivity contribution in [3.8, 4) is 0 Å². The number of aromatic nitrogens is 2. The summed E-state index contributed by atoms with van der Waals surface area (Å²) in [4.78, 5) is 9.01. The molecule has 4 nitrogen and oxygen atoms in total. The maximum atomic E-state index is 5.51. The zero-order chi connectivity index (χ0) is 13.0. The molecule has 0 radical (unpaired) electrons. The van der Waals surface area contributed by atoms with Gasteiger partial charge in [-0.25, -0.2) is 9.97 Å². The molecule has 0 spiro atoms. The zero-order valence-electron chi connectivity index (χ0n) is 10.0. The highest BCUT2D eigenvalue weighted by Gasteiger charge is 2.00. The molecule has 0 atom stereocenters. The first kappa shape index (κ1) is 12.9. The molecule has 2 aromatic heterocycles. The molecule has 0 fully saturated rings. The van der Waals surface area contributed by atoms with Crippen LogP contribution in [0.25, 0.3) is 0 Å². The van der Waals surface area contributed by atoms with E-state index in [0.29, 0.717) is 4.99 Å². The van der Waals surface area contributed by atoms with E-state index in [2.05, 4.69) is 20.7 Å². The molecule has 3 N–H and O–H groups in total. The van der Waals surface area contributed by atoms with Gasteiger partial charge in [0.25, 0.3) is 0 Å². The monoisotopic (exact) mass is 278 g/mol. The van der Waals surface area contributed by atoms with Crippen LogP contribution in [0.1, 0.15) is 16.3 Å². The number of aryl methyl sites for hydroxylation is 1. The Labute approximate surface area is 115 Å². The van der Waals surface area contributed by atoms with Gasteiger partial charge in [0, 0.05) is 30.1 Å². The summed E-state index contributed by atoms with van der Waals surface area (Å²) in [6, 6.07) is 3.74. The van der Waals surface area contributed by atoms with E-state index in [1.54, 1.807) is 17.5 Å². The Bertz CT molecular complexity index is 533. The van der Waals surface area contributed by atoms with Crippen molar-refractivity contribution in [1.29, 1.82) is 0 Å². The standard InChI is InChI=1S/C12H14N4S2/c1-8-16-10(7-18-8)4-5-14-11-3-2-9(6-15-11)12(13)17/h2-3,6-7H,4-5H2,1H3,(H2,13,17)(H,14,15). The van der Waals surface area contributed by atoms with Crippen molar-refractivity contribution in [3.05, 3.63) is 40.0 Å². The lowest BCUT2D eigenvalue weighted by Gasteiger charge is -2.05. The Hall–Kier alpha value is -1.53. The summed E-state index contributed by atoms with van der Waals surface area (Å²) < 4.78 is 0. The first-order chi connectivity index (χ1) is 8.65. The molecular weight excluding hydrogens is 264 g/mol. The fourth-order valence-electron chi connectivity index (χ4n) is 1.49. The second kappa shape index (κ2) is 5.88. The average Bonchev–Trinajstić information content (AvgIpc) is 2.76. The van der Waals surface area contributed by atoms with Crippen LogP contribution >= 0.6 is 23.6 Å². The van der Waals surface area contributed by atoms with Crippen molar-refractivity contribution in [1.82, 2.24) is 9.97 Å². The van der Waals surface area contributed by atoms with E-state index in [9.17, 15) is 0 Å². The minimum atomic E-state index is 0.368. The van der Waals surface area contributed by atoms with Gasteiger partial charge in [0.2, 0.25) is 0 Å². The molecule has 6 heteroatoms. The van der Waals surface area contributed by atoms with Gasteiger partial charge in [-0.15, -0.1) is 11.3 Å². The number of pyridine rings is 1.